The summed E-state index contributed by atoms with van der Waals surface area (Å²) in [5.74, 6) is 0.222. The van der Waals surface area contributed by atoms with Crippen molar-refractivity contribution in [2.45, 2.75) is 12.5 Å². The lowest BCUT2D eigenvalue weighted by Gasteiger charge is -2.18. The Morgan fingerprint density at radius 1 is 1.07 bits per heavy atom. The molecule has 1 atom stereocenters. The van der Waals surface area contributed by atoms with E-state index in [4.69, 9.17) is 4.42 Å². The van der Waals surface area contributed by atoms with Crippen molar-refractivity contribution in [3.05, 3.63) is 125 Å². The number of amides is 1. The molecule has 1 unspecified atom stereocenters. The number of rotatable bonds is 8. The molecule has 6 rings (SSSR count). The predicted octanol–water partition coefficient (Wildman–Crippen LogP) is 5.04. The van der Waals surface area contributed by atoms with Gasteiger partial charge in [-0.05, 0) is 42.0 Å². The van der Waals surface area contributed by atoms with Crippen molar-refractivity contribution in [2.24, 2.45) is 7.05 Å². The number of benzene rings is 2. The van der Waals surface area contributed by atoms with Gasteiger partial charge >= 0.3 is 0 Å². The third-order valence-electron chi connectivity index (χ3n) is 6.68. The fourth-order valence-electron chi connectivity index (χ4n) is 4.65. The predicted molar refractivity (Wildman–Crippen MR) is 147 cm³/mol. The Hall–Kier alpha value is -5.58. The van der Waals surface area contributed by atoms with E-state index < -0.39 is 16.9 Å². The first kappa shape index (κ1) is 24.7. The first-order valence-electron chi connectivity index (χ1n) is 12.5. The first-order valence-corrected chi connectivity index (χ1v) is 12.5. The second-order valence-electron chi connectivity index (χ2n) is 9.22. The maximum Gasteiger partial charge on any atom is 0.287 e. The van der Waals surface area contributed by atoms with Gasteiger partial charge in [0.15, 0.2) is 5.76 Å². The lowest BCUT2D eigenvalue weighted by molar-refractivity contribution is -0.384. The fraction of sp³-hybridized carbons (Fsp3) is 0.103. The van der Waals surface area contributed by atoms with Gasteiger partial charge in [-0.25, -0.2) is 9.97 Å². The first-order chi connectivity index (χ1) is 19.5. The molecular weight excluding hydrogens is 510 g/mol. The summed E-state index contributed by atoms with van der Waals surface area (Å²) in [5.41, 5.74) is 3.92. The highest BCUT2D eigenvalue weighted by Gasteiger charge is 2.24. The Labute approximate surface area is 227 Å². The van der Waals surface area contributed by atoms with Crippen molar-refractivity contribution in [3.8, 4) is 16.9 Å². The molecule has 1 N–H and O–H groups in total. The molecular formula is C29H23N7O4. The second-order valence-corrected chi connectivity index (χ2v) is 9.22. The van der Waals surface area contributed by atoms with Crippen LogP contribution in [0.1, 0.15) is 28.1 Å². The maximum atomic E-state index is 13.3. The average molecular weight is 534 g/mol. The largest absolute Gasteiger partial charge is 0.451 e. The summed E-state index contributed by atoms with van der Waals surface area (Å²) in [4.78, 5) is 37.2. The lowest BCUT2D eigenvalue weighted by atomic mass is 10.1. The van der Waals surface area contributed by atoms with Crippen molar-refractivity contribution >= 4 is 22.6 Å². The minimum absolute atomic E-state index is 0.0473. The monoisotopic (exact) mass is 533 g/mol. The van der Waals surface area contributed by atoms with Crippen molar-refractivity contribution in [1.29, 1.82) is 0 Å². The number of furan rings is 1. The van der Waals surface area contributed by atoms with Gasteiger partial charge in [0.2, 0.25) is 0 Å². The van der Waals surface area contributed by atoms with Gasteiger partial charge in [-0.15, -0.1) is 0 Å². The quantitative estimate of drug-likeness (QED) is 0.214. The van der Waals surface area contributed by atoms with Gasteiger partial charge in [-0.2, -0.15) is 0 Å². The third-order valence-corrected chi connectivity index (χ3v) is 6.68. The molecule has 198 valence electrons. The molecule has 0 aliphatic rings. The Bertz CT molecular complexity index is 1810. The maximum absolute atomic E-state index is 13.3. The molecule has 11 nitrogen and oxygen atoms in total. The van der Waals surface area contributed by atoms with Crippen LogP contribution in [0.4, 0.5) is 5.69 Å². The molecule has 0 radical (unpaired) electrons. The van der Waals surface area contributed by atoms with E-state index in [1.165, 1.54) is 24.3 Å². The number of imidazole rings is 2. The van der Waals surface area contributed by atoms with Gasteiger partial charge in [0.05, 0.1) is 29.2 Å². The summed E-state index contributed by atoms with van der Waals surface area (Å²) in [6, 6.07) is 18.8. The third kappa shape index (κ3) is 4.83. The Balaban J connectivity index is 1.30. The van der Waals surface area contributed by atoms with Crippen LogP contribution in [0.2, 0.25) is 0 Å². The summed E-state index contributed by atoms with van der Waals surface area (Å²) in [7, 11) is 1.90. The highest BCUT2D eigenvalue weighted by atomic mass is 16.6. The summed E-state index contributed by atoms with van der Waals surface area (Å²) in [6.45, 7) is 0. The zero-order valence-electron chi connectivity index (χ0n) is 21.3. The molecule has 0 saturated heterocycles. The number of nitro groups is 1. The van der Waals surface area contributed by atoms with E-state index in [0.29, 0.717) is 23.2 Å². The molecule has 2 aromatic carbocycles. The average Bonchev–Trinajstić information content (AvgIpc) is 3.73. The van der Waals surface area contributed by atoms with Gasteiger partial charge in [-0.3, -0.25) is 19.9 Å². The van der Waals surface area contributed by atoms with Crippen LogP contribution < -0.4 is 5.32 Å². The van der Waals surface area contributed by atoms with E-state index in [1.807, 2.05) is 64.8 Å². The topological polar surface area (TPSA) is 134 Å². The Morgan fingerprint density at radius 3 is 2.65 bits per heavy atom. The molecule has 0 aliphatic carbocycles. The molecule has 40 heavy (non-hydrogen) atoms. The van der Waals surface area contributed by atoms with Crippen molar-refractivity contribution < 1.29 is 14.1 Å². The van der Waals surface area contributed by atoms with Crippen LogP contribution in [-0.4, -0.2) is 34.9 Å². The molecule has 0 fully saturated rings. The number of nitrogens with zero attached hydrogens (tertiary/aromatic N) is 6. The highest BCUT2D eigenvalue weighted by Crippen LogP contribution is 2.27. The zero-order chi connectivity index (χ0) is 27.6. The lowest BCUT2D eigenvalue weighted by Crippen LogP contribution is -2.31. The summed E-state index contributed by atoms with van der Waals surface area (Å²) >= 11 is 0. The van der Waals surface area contributed by atoms with Gasteiger partial charge in [0, 0.05) is 61.0 Å². The number of pyridine rings is 1. The van der Waals surface area contributed by atoms with Crippen LogP contribution >= 0.6 is 0 Å². The van der Waals surface area contributed by atoms with Crippen LogP contribution in [0.3, 0.4) is 0 Å². The van der Waals surface area contributed by atoms with Crippen LogP contribution in [0, 0.1) is 10.1 Å². The molecule has 1 amide bonds. The fourth-order valence-corrected chi connectivity index (χ4v) is 4.65. The zero-order valence-corrected chi connectivity index (χ0v) is 21.3. The number of nitrogens with one attached hydrogen (secondary N) is 1. The number of carbonyl (C=O) groups excluding carboxylic acids is 1. The molecule has 0 spiro atoms. The standard InChI is InChI=1S/C29H23N7O4/c1-34-25(19-5-7-22(8-6-19)35-13-12-30-18-35)17-32-28(34)24(16-21-4-2-3-11-31-21)33-29(37)27-15-20-14-23(36(38)39)9-10-26(20)40-27/h2-15,17-18,24H,16H2,1H3,(H,33,37). The number of carbonyl (C=O) groups is 1. The van der Waals surface area contributed by atoms with E-state index in [9.17, 15) is 14.9 Å². The van der Waals surface area contributed by atoms with Gasteiger partial charge in [0.25, 0.3) is 11.6 Å². The summed E-state index contributed by atoms with van der Waals surface area (Å²) in [5, 5.41) is 14.6. The molecule has 4 heterocycles. The summed E-state index contributed by atoms with van der Waals surface area (Å²) in [6.07, 6.45) is 9.22. The van der Waals surface area contributed by atoms with Gasteiger partial charge < -0.3 is 18.9 Å². The Kier molecular flexibility index (Phi) is 6.37. The van der Waals surface area contributed by atoms with Crippen molar-refractivity contribution in [2.75, 3.05) is 0 Å². The number of fused-ring (bicyclic) bond motifs is 1. The molecule has 0 saturated carbocycles. The summed E-state index contributed by atoms with van der Waals surface area (Å²) < 4.78 is 9.58. The van der Waals surface area contributed by atoms with E-state index in [2.05, 4.69) is 20.3 Å². The normalized spacial score (nSPS) is 11.9. The van der Waals surface area contributed by atoms with E-state index in [1.54, 1.807) is 24.9 Å². The van der Waals surface area contributed by atoms with Crippen LogP contribution in [0.5, 0.6) is 0 Å². The molecule has 4 aromatic heterocycles. The molecule has 6 aromatic rings. The number of nitro benzene ring substituents is 1. The van der Waals surface area contributed by atoms with E-state index >= 15 is 0 Å². The number of hydrogen-bond acceptors (Lipinski definition) is 7. The number of non-ortho nitro benzene ring substituents is 1. The van der Waals surface area contributed by atoms with Crippen LogP contribution in [0.25, 0.3) is 27.9 Å². The highest BCUT2D eigenvalue weighted by molar-refractivity contribution is 5.96. The smallest absolute Gasteiger partial charge is 0.287 e. The molecule has 0 bridgehead atoms. The Morgan fingerprint density at radius 2 is 1.93 bits per heavy atom. The number of aromatic nitrogens is 5. The van der Waals surface area contributed by atoms with Gasteiger partial charge in [0.1, 0.15) is 11.4 Å². The van der Waals surface area contributed by atoms with E-state index in [0.717, 1.165) is 22.6 Å². The van der Waals surface area contributed by atoms with Crippen LogP contribution in [0.15, 0.2) is 102 Å². The minimum atomic E-state index is -0.533. The number of hydrogen-bond donors (Lipinski definition) is 1. The van der Waals surface area contributed by atoms with E-state index in [-0.39, 0.29) is 11.4 Å². The molecule has 11 heteroatoms. The minimum Gasteiger partial charge on any atom is -0.451 e. The van der Waals surface area contributed by atoms with Crippen molar-refractivity contribution in [3.63, 3.8) is 0 Å². The van der Waals surface area contributed by atoms with Crippen molar-refractivity contribution in [1.82, 2.24) is 29.4 Å². The molecule has 0 aliphatic heterocycles. The second kappa shape index (κ2) is 10.3. The van der Waals surface area contributed by atoms with Crippen LogP contribution in [-0.2, 0) is 13.5 Å². The SMILES string of the molecule is Cn1c(-c2ccc(-n3ccnc3)cc2)cnc1C(Cc1ccccn1)NC(=O)c1cc2cc([N+](=O)[O-])ccc2o1. The van der Waals surface area contributed by atoms with Gasteiger partial charge in [-0.1, -0.05) is 18.2 Å².